The Kier molecular flexibility index (Phi) is 9.31. The number of hydrogen-bond acceptors (Lipinski definition) is 6. The van der Waals surface area contributed by atoms with Crippen LogP contribution in [-0.2, 0) is 26.2 Å². The fraction of sp³-hybridized carbons (Fsp3) is 0.417. The number of ether oxygens (including phenoxy) is 2. The molecule has 0 aromatic heterocycles. The van der Waals surface area contributed by atoms with Crippen LogP contribution in [0.3, 0.4) is 0 Å². The highest BCUT2D eigenvalue weighted by molar-refractivity contribution is 7.92. The number of sulfonamides is 1. The average molecular weight is 492 g/mol. The van der Waals surface area contributed by atoms with Crippen LogP contribution in [0.15, 0.2) is 42.5 Å². The van der Waals surface area contributed by atoms with E-state index >= 15 is 0 Å². The fourth-order valence-electron chi connectivity index (χ4n) is 3.64. The predicted octanol–water partition coefficient (Wildman–Crippen LogP) is 2.33. The zero-order valence-electron chi connectivity index (χ0n) is 20.5. The zero-order valence-corrected chi connectivity index (χ0v) is 21.3. The van der Waals surface area contributed by atoms with Crippen LogP contribution in [0.5, 0.6) is 11.5 Å². The fourth-order valence-corrected chi connectivity index (χ4v) is 4.49. The third-order valence-electron chi connectivity index (χ3n) is 5.40. The molecule has 0 unspecified atom stereocenters. The molecular formula is C24H33N3O6S. The van der Waals surface area contributed by atoms with Crippen molar-refractivity contribution in [2.45, 2.75) is 32.9 Å². The molecule has 0 aliphatic heterocycles. The molecule has 34 heavy (non-hydrogen) atoms. The van der Waals surface area contributed by atoms with Crippen molar-refractivity contribution in [1.29, 1.82) is 0 Å². The van der Waals surface area contributed by atoms with Gasteiger partial charge in [0, 0.05) is 13.6 Å². The minimum atomic E-state index is -3.85. The minimum Gasteiger partial charge on any atom is -0.497 e. The summed E-state index contributed by atoms with van der Waals surface area (Å²) in [6, 6.07) is 11.5. The van der Waals surface area contributed by atoms with Crippen molar-refractivity contribution in [2.75, 3.05) is 38.4 Å². The largest absolute Gasteiger partial charge is 0.497 e. The van der Waals surface area contributed by atoms with Gasteiger partial charge in [0.05, 0.1) is 26.2 Å². The van der Waals surface area contributed by atoms with Gasteiger partial charge in [-0.05, 0) is 48.7 Å². The van der Waals surface area contributed by atoms with Gasteiger partial charge in [-0.25, -0.2) is 8.42 Å². The first-order chi connectivity index (χ1) is 16.0. The van der Waals surface area contributed by atoms with E-state index in [0.29, 0.717) is 17.9 Å². The summed E-state index contributed by atoms with van der Waals surface area (Å²) in [6.45, 7) is 3.23. The van der Waals surface area contributed by atoms with E-state index in [2.05, 4.69) is 5.32 Å². The molecule has 1 atom stereocenters. The average Bonchev–Trinajstić information content (AvgIpc) is 2.81. The number of benzene rings is 2. The van der Waals surface area contributed by atoms with E-state index in [0.717, 1.165) is 21.7 Å². The normalized spacial score (nSPS) is 11.9. The molecule has 0 spiro atoms. The molecule has 0 bridgehead atoms. The van der Waals surface area contributed by atoms with Gasteiger partial charge in [0.2, 0.25) is 21.8 Å². The second kappa shape index (κ2) is 11.7. The van der Waals surface area contributed by atoms with Gasteiger partial charge >= 0.3 is 0 Å². The summed E-state index contributed by atoms with van der Waals surface area (Å²) < 4.78 is 37.1. The maximum Gasteiger partial charge on any atom is 0.244 e. The monoisotopic (exact) mass is 491 g/mol. The first-order valence-corrected chi connectivity index (χ1v) is 12.7. The summed E-state index contributed by atoms with van der Waals surface area (Å²) in [7, 11) is 0.624. The summed E-state index contributed by atoms with van der Waals surface area (Å²) in [4.78, 5) is 27.6. The van der Waals surface area contributed by atoms with E-state index in [1.807, 2.05) is 13.0 Å². The van der Waals surface area contributed by atoms with E-state index < -0.39 is 28.5 Å². The van der Waals surface area contributed by atoms with Gasteiger partial charge in [-0.2, -0.15) is 0 Å². The van der Waals surface area contributed by atoms with E-state index in [1.165, 1.54) is 19.1 Å². The van der Waals surface area contributed by atoms with Gasteiger partial charge in [0.1, 0.15) is 24.1 Å². The third-order valence-corrected chi connectivity index (χ3v) is 6.53. The van der Waals surface area contributed by atoms with Gasteiger partial charge in [-0.1, -0.05) is 25.1 Å². The molecule has 2 amide bonds. The van der Waals surface area contributed by atoms with Gasteiger partial charge in [-0.3, -0.25) is 13.9 Å². The zero-order chi connectivity index (χ0) is 25.5. The minimum absolute atomic E-state index is 0.102. The van der Waals surface area contributed by atoms with E-state index in [-0.39, 0.29) is 18.1 Å². The molecule has 0 aliphatic carbocycles. The number of carbonyl (C=O) groups is 2. The van der Waals surface area contributed by atoms with E-state index in [9.17, 15) is 18.0 Å². The van der Waals surface area contributed by atoms with Crippen LogP contribution < -0.4 is 19.1 Å². The Morgan fingerprint density at radius 2 is 1.79 bits per heavy atom. The molecule has 0 fully saturated rings. The molecule has 2 aromatic carbocycles. The number of nitrogens with one attached hydrogen (secondary N) is 1. The molecule has 9 nitrogen and oxygen atoms in total. The lowest BCUT2D eigenvalue weighted by Crippen LogP contribution is -2.51. The number of hydrogen-bond donors (Lipinski definition) is 1. The van der Waals surface area contributed by atoms with Crippen molar-refractivity contribution in [1.82, 2.24) is 10.2 Å². The van der Waals surface area contributed by atoms with Crippen molar-refractivity contribution in [3.05, 3.63) is 53.6 Å². The third kappa shape index (κ3) is 6.63. The van der Waals surface area contributed by atoms with Crippen molar-refractivity contribution in [3.63, 3.8) is 0 Å². The highest BCUT2D eigenvalue weighted by atomic mass is 32.2. The molecule has 0 saturated carbocycles. The van der Waals surface area contributed by atoms with Gasteiger partial charge in [-0.15, -0.1) is 0 Å². The highest BCUT2D eigenvalue weighted by Crippen LogP contribution is 2.31. The molecule has 0 heterocycles. The van der Waals surface area contributed by atoms with Crippen molar-refractivity contribution in [3.8, 4) is 11.5 Å². The molecular weight excluding hydrogens is 458 g/mol. The lowest BCUT2D eigenvalue weighted by molar-refractivity contribution is -0.140. The number of aryl methyl sites for hydroxylation is 1. The maximum atomic E-state index is 13.6. The van der Waals surface area contributed by atoms with Gasteiger partial charge < -0.3 is 19.7 Å². The Labute approximate surface area is 201 Å². The summed E-state index contributed by atoms with van der Waals surface area (Å²) in [5.74, 6) is 0.0757. The van der Waals surface area contributed by atoms with Crippen LogP contribution in [0.1, 0.15) is 24.5 Å². The number of nitrogens with zero attached hydrogens (tertiary/aromatic N) is 2. The number of methoxy groups -OCH3 is 2. The molecule has 0 aliphatic rings. The van der Waals surface area contributed by atoms with Crippen LogP contribution in [0.2, 0.25) is 0 Å². The molecule has 10 heteroatoms. The Morgan fingerprint density at radius 1 is 1.09 bits per heavy atom. The first kappa shape index (κ1) is 27.0. The summed E-state index contributed by atoms with van der Waals surface area (Å²) in [5.41, 5.74) is 1.81. The van der Waals surface area contributed by atoms with Crippen molar-refractivity contribution < 1.29 is 27.5 Å². The number of rotatable bonds is 11. The predicted molar refractivity (Wildman–Crippen MR) is 132 cm³/mol. The van der Waals surface area contributed by atoms with Crippen LogP contribution >= 0.6 is 0 Å². The summed E-state index contributed by atoms with van der Waals surface area (Å²) >= 11 is 0. The molecule has 2 aromatic rings. The van der Waals surface area contributed by atoms with Crippen LogP contribution in [0.4, 0.5) is 5.69 Å². The van der Waals surface area contributed by atoms with Crippen LogP contribution in [-0.4, -0.2) is 65.2 Å². The van der Waals surface area contributed by atoms with Gasteiger partial charge in [0.25, 0.3) is 0 Å². The van der Waals surface area contributed by atoms with Crippen LogP contribution in [0.25, 0.3) is 0 Å². The highest BCUT2D eigenvalue weighted by Gasteiger charge is 2.32. The lowest BCUT2D eigenvalue weighted by atomic mass is 10.1. The second-order valence-electron chi connectivity index (χ2n) is 7.86. The number of likely N-dealkylation sites (N-methyl/N-ethyl adjacent to an activating group) is 1. The maximum absolute atomic E-state index is 13.6. The number of amides is 2. The Bertz CT molecular complexity index is 1120. The topological polar surface area (TPSA) is 105 Å². The number of anilines is 1. The van der Waals surface area contributed by atoms with Crippen molar-refractivity contribution >= 4 is 27.5 Å². The Hall–Kier alpha value is -3.27. The Morgan fingerprint density at radius 3 is 2.35 bits per heavy atom. The molecule has 2 rings (SSSR count). The van der Waals surface area contributed by atoms with E-state index in [4.69, 9.17) is 9.47 Å². The standard InChI is InChI=1S/C24H33N3O6S/c1-7-20(24(29)25-3)26(15-18-9-8-10-19(14-18)32-4)23(28)16-27(34(6,30)31)21-13-17(2)11-12-22(21)33-5/h8-14,20H,7,15-16H2,1-6H3,(H,25,29)/t20-/m1/s1. The van der Waals surface area contributed by atoms with Crippen LogP contribution in [0, 0.1) is 6.92 Å². The molecule has 0 radical (unpaired) electrons. The summed E-state index contributed by atoms with van der Waals surface area (Å²) in [6.07, 6.45) is 1.38. The van der Waals surface area contributed by atoms with E-state index in [1.54, 1.807) is 50.4 Å². The number of carbonyl (C=O) groups excluding carboxylic acids is 2. The smallest absolute Gasteiger partial charge is 0.244 e. The van der Waals surface area contributed by atoms with Gasteiger partial charge in [0.15, 0.2) is 0 Å². The Balaban J connectivity index is 2.51. The lowest BCUT2D eigenvalue weighted by Gasteiger charge is -2.33. The molecule has 0 saturated heterocycles. The second-order valence-corrected chi connectivity index (χ2v) is 9.76. The van der Waals surface area contributed by atoms with Crippen molar-refractivity contribution in [2.24, 2.45) is 0 Å². The quantitative estimate of drug-likeness (QED) is 0.517. The summed E-state index contributed by atoms with van der Waals surface area (Å²) in [5, 5.41) is 2.59. The first-order valence-electron chi connectivity index (χ1n) is 10.8. The SMILES string of the molecule is CC[C@H](C(=O)NC)N(Cc1cccc(OC)c1)C(=O)CN(c1cc(C)ccc1OC)S(C)(=O)=O. The molecule has 186 valence electrons. The molecule has 1 N–H and O–H groups in total.